The zero-order chi connectivity index (χ0) is 20.7. The van der Waals surface area contributed by atoms with E-state index >= 15 is 0 Å². The zero-order valence-corrected chi connectivity index (χ0v) is 17.0. The van der Waals surface area contributed by atoms with E-state index in [0.29, 0.717) is 30.9 Å². The van der Waals surface area contributed by atoms with Gasteiger partial charge in [0.15, 0.2) is 0 Å². The fourth-order valence-corrected chi connectivity index (χ4v) is 4.17. The highest BCUT2D eigenvalue weighted by molar-refractivity contribution is 7.91. The molecule has 1 amide bonds. The number of hydrogen-bond acceptors (Lipinski definition) is 4. The number of sulfone groups is 1. The third kappa shape index (κ3) is 5.45. The number of ether oxygens (including phenoxy) is 1. The molecule has 0 aliphatic heterocycles. The monoisotopic (exact) mass is 409 g/mol. The Morgan fingerprint density at radius 1 is 0.897 bits per heavy atom. The first kappa shape index (κ1) is 20.6. The third-order valence-electron chi connectivity index (χ3n) is 4.36. The molecule has 1 N–H and O–H groups in total. The number of anilines is 1. The lowest BCUT2D eigenvalue weighted by molar-refractivity contribution is -0.116. The summed E-state index contributed by atoms with van der Waals surface area (Å²) in [6, 6.07) is 22.4. The van der Waals surface area contributed by atoms with Crippen molar-refractivity contribution < 1.29 is 17.9 Å². The van der Waals surface area contributed by atoms with Gasteiger partial charge in [-0.15, -0.1) is 0 Å². The number of hydrogen-bond donors (Lipinski definition) is 1. The van der Waals surface area contributed by atoms with Gasteiger partial charge in [0.2, 0.25) is 15.7 Å². The van der Waals surface area contributed by atoms with Crippen LogP contribution in [0.25, 0.3) is 0 Å². The molecule has 29 heavy (non-hydrogen) atoms. The molecule has 0 bridgehead atoms. The summed E-state index contributed by atoms with van der Waals surface area (Å²) in [7, 11) is -3.66. The van der Waals surface area contributed by atoms with Gasteiger partial charge in [-0.2, -0.15) is 0 Å². The number of amides is 1. The highest BCUT2D eigenvalue weighted by Crippen LogP contribution is 2.25. The number of nitrogens with one attached hydrogen (secondary N) is 1. The molecule has 3 rings (SSSR count). The predicted molar refractivity (Wildman–Crippen MR) is 113 cm³/mol. The molecular weight excluding hydrogens is 386 g/mol. The minimum atomic E-state index is -3.66. The summed E-state index contributed by atoms with van der Waals surface area (Å²) >= 11 is 0. The molecule has 0 radical (unpaired) electrons. The second-order valence-electron chi connectivity index (χ2n) is 6.47. The molecule has 6 heteroatoms. The topological polar surface area (TPSA) is 72.5 Å². The SMILES string of the molecule is CCOc1cccc(S(=O)(=O)c2ccc(NC(=O)CCc3ccccc3)cc2)c1. The lowest BCUT2D eigenvalue weighted by atomic mass is 10.1. The van der Waals surface area contributed by atoms with E-state index in [1.54, 1.807) is 24.3 Å². The van der Waals surface area contributed by atoms with Crippen molar-refractivity contribution in [2.24, 2.45) is 0 Å². The normalized spacial score (nSPS) is 11.1. The van der Waals surface area contributed by atoms with Gasteiger partial charge in [0.25, 0.3) is 0 Å². The maximum Gasteiger partial charge on any atom is 0.224 e. The summed E-state index contributed by atoms with van der Waals surface area (Å²) in [5.41, 5.74) is 1.66. The molecule has 0 aromatic heterocycles. The van der Waals surface area contributed by atoms with E-state index in [1.165, 1.54) is 24.3 Å². The first-order chi connectivity index (χ1) is 14.0. The van der Waals surface area contributed by atoms with Crippen molar-refractivity contribution >= 4 is 21.4 Å². The predicted octanol–water partition coefficient (Wildman–Crippen LogP) is 4.49. The standard InChI is InChI=1S/C23H23NO4S/c1-2-28-20-9-6-10-22(17-20)29(26,27)21-14-12-19(13-15-21)24-23(25)16-11-18-7-4-3-5-8-18/h3-10,12-15,17H,2,11,16H2,1H3,(H,24,25). The Labute approximate surface area is 171 Å². The Morgan fingerprint density at radius 2 is 1.62 bits per heavy atom. The molecule has 0 spiro atoms. The molecular formula is C23H23NO4S. The second-order valence-corrected chi connectivity index (χ2v) is 8.42. The van der Waals surface area contributed by atoms with E-state index in [4.69, 9.17) is 4.74 Å². The summed E-state index contributed by atoms with van der Waals surface area (Å²) in [4.78, 5) is 12.5. The summed E-state index contributed by atoms with van der Waals surface area (Å²) in [6.45, 7) is 2.30. The van der Waals surface area contributed by atoms with Gasteiger partial charge in [-0.1, -0.05) is 36.4 Å². The molecule has 0 aliphatic carbocycles. The molecule has 3 aromatic rings. The Morgan fingerprint density at radius 3 is 2.31 bits per heavy atom. The van der Waals surface area contributed by atoms with Crippen LogP contribution in [0.4, 0.5) is 5.69 Å². The number of carbonyl (C=O) groups excluding carboxylic acids is 1. The Kier molecular flexibility index (Phi) is 6.67. The van der Waals surface area contributed by atoms with Gasteiger partial charge < -0.3 is 10.1 Å². The smallest absolute Gasteiger partial charge is 0.224 e. The van der Waals surface area contributed by atoms with Crippen LogP contribution in [0.2, 0.25) is 0 Å². The van der Waals surface area contributed by atoms with Crippen molar-refractivity contribution in [1.82, 2.24) is 0 Å². The minimum Gasteiger partial charge on any atom is -0.494 e. The van der Waals surface area contributed by atoms with Gasteiger partial charge in [0.05, 0.1) is 16.4 Å². The van der Waals surface area contributed by atoms with Crippen LogP contribution in [0.1, 0.15) is 18.9 Å². The van der Waals surface area contributed by atoms with Crippen LogP contribution in [0, 0.1) is 0 Å². The fraction of sp³-hybridized carbons (Fsp3) is 0.174. The van der Waals surface area contributed by atoms with Gasteiger partial charge in [0, 0.05) is 12.1 Å². The molecule has 0 aliphatic rings. The number of aryl methyl sites for hydroxylation is 1. The molecule has 0 atom stereocenters. The largest absolute Gasteiger partial charge is 0.494 e. The molecule has 3 aromatic carbocycles. The lowest BCUT2D eigenvalue weighted by Crippen LogP contribution is -2.12. The molecule has 0 saturated carbocycles. The highest BCUT2D eigenvalue weighted by Gasteiger charge is 2.18. The van der Waals surface area contributed by atoms with Crippen molar-refractivity contribution in [2.75, 3.05) is 11.9 Å². The molecule has 0 saturated heterocycles. The van der Waals surface area contributed by atoms with Crippen LogP contribution in [-0.4, -0.2) is 20.9 Å². The summed E-state index contributed by atoms with van der Waals surface area (Å²) in [5, 5.41) is 2.80. The first-order valence-electron chi connectivity index (χ1n) is 9.41. The van der Waals surface area contributed by atoms with E-state index < -0.39 is 9.84 Å². The van der Waals surface area contributed by atoms with E-state index in [2.05, 4.69) is 5.32 Å². The average Bonchev–Trinajstić information content (AvgIpc) is 2.74. The summed E-state index contributed by atoms with van der Waals surface area (Å²) in [5.74, 6) is 0.393. The molecule has 0 fully saturated rings. The second kappa shape index (κ2) is 9.39. The quantitative estimate of drug-likeness (QED) is 0.595. The van der Waals surface area contributed by atoms with Crippen LogP contribution in [0.15, 0.2) is 88.7 Å². The van der Waals surface area contributed by atoms with Crippen LogP contribution in [0.5, 0.6) is 5.75 Å². The van der Waals surface area contributed by atoms with E-state index in [-0.39, 0.29) is 15.7 Å². The number of benzene rings is 3. The van der Waals surface area contributed by atoms with Gasteiger partial charge in [-0.25, -0.2) is 8.42 Å². The van der Waals surface area contributed by atoms with Crippen molar-refractivity contribution in [2.45, 2.75) is 29.6 Å². The van der Waals surface area contributed by atoms with Gasteiger partial charge in [-0.3, -0.25) is 4.79 Å². The molecule has 0 heterocycles. The Hall–Kier alpha value is -3.12. The first-order valence-corrected chi connectivity index (χ1v) is 10.9. The van der Waals surface area contributed by atoms with E-state index in [1.807, 2.05) is 37.3 Å². The summed E-state index contributed by atoms with van der Waals surface area (Å²) in [6.07, 6.45) is 1.00. The van der Waals surface area contributed by atoms with Gasteiger partial charge >= 0.3 is 0 Å². The highest BCUT2D eigenvalue weighted by atomic mass is 32.2. The van der Waals surface area contributed by atoms with Crippen LogP contribution >= 0.6 is 0 Å². The van der Waals surface area contributed by atoms with E-state index in [9.17, 15) is 13.2 Å². The average molecular weight is 410 g/mol. The Balaban J connectivity index is 1.66. The zero-order valence-electron chi connectivity index (χ0n) is 16.2. The minimum absolute atomic E-state index is 0.117. The fourth-order valence-electron chi connectivity index (χ4n) is 2.88. The van der Waals surface area contributed by atoms with E-state index in [0.717, 1.165) is 5.56 Å². The Bertz CT molecular complexity index is 1060. The van der Waals surface area contributed by atoms with Crippen molar-refractivity contribution in [3.8, 4) is 5.75 Å². The number of rotatable bonds is 8. The summed E-state index contributed by atoms with van der Waals surface area (Å²) < 4.78 is 31.1. The molecule has 5 nitrogen and oxygen atoms in total. The van der Waals surface area contributed by atoms with Crippen molar-refractivity contribution in [1.29, 1.82) is 0 Å². The van der Waals surface area contributed by atoms with Gasteiger partial charge in [-0.05, 0) is 61.4 Å². The van der Waals surface area contributed by atoms with Crippen molar-refractivity contribution in [3.05, 3.63) is 84.4 Å². The van der Waals surface area contributed by atoms with Crippen molar-refractivity contribution in [3.63, 3.8) is 0 Å². The number of carbonyl (C=O) groups is 1. The van der Waals surface area contributed by atoms with Crippen LogP contribution < -0.4 is 10.1 Å². The lowest BCUT2D eigenvalue weighted by Gasteiger charge is -2.09. The van der Waals surface area contributed by atoms with Gasteiger partial charge in [0.1, 0.15) is 5.75 Å². The van der Waals surface area contributed by atoms with Crippen LogP contribution in [-0.2, 0) is 21.1 Å². The molecule has 0 unspecified atom stereocenters. The van der Waals surface area contributed by atoms with Crippen LogP contribution in [0.3, 0.4) is 0 Å². The maximum absolute atomic E-state index is 12.8. The third-order valence-corrected chi connectivity index (χ3v) is 6.13. The maximum atomic E-state index is 12.8. The molecule has 150 valence electrons.